The molecule has 1 saturated heterocycles. The second-order valence-electron chi connectivity index (χ2n) is 6.80. The lowest BCUT2D eigenvalue weighted by Gasteiger charge is -2.36. The summed E-state index contributed by atoms with van der Waals surface area (Å²) in [5.41, 5.74) is 0.345. The van der Waals surface area contributed by atoms with Gasteiger partial charge >= 0.3 is 6.03 Å². The largest absolute Gasteiger partial charge is 0.343 e. The predicted octanol–water partition coefficient (Wildman–Crippen LogP) is 1.34. The first-order valence-electron chi connectivity index (χ1n) is 8.57. The Labute approximate surface area is 143 Å². The van der Waals surface area contributed by atoms with Crippen molar-refractivity contribution in [1.29, 1.82) is 0 Å². The van der Waals surface area contributed by atoms with Gasteiger partial charge in [-0.1, -0.05) is 5.21 Å². The van der Waals surface area contributed by atoms with Crippen molar-refractivity contribution in [2.45, 2.75) is 58.2 Å². The first kappa shape index (κ1) is 18.2. The molecule has 1 aromatic heterocycles. The Morgan fingerprint density at radius 1 is 1.38 bits per heavy atom. The molecule has 134 valence electrons. The van der Waals surface area contributed by atoms with Crippen molar-refractivity contribution in [2.75, 3.05) is 20.6 Å². The number of hydrogen-bond acceptors (Lipinski definition) is 4. The standard InChI is InChI=1S/C16H28N6O2/c1-12(2)17-16(24)22-9-6-5-7-13(22)8-10-21-11-14(18-19-21)15(23)20(3)4/h11-13H,5-10H2,1-4H3,(H,17,24). The normalized spacial score (nSPS) is 17.9. The van der Waals surface area contributed by atoms with Gasteiger partial charge < -0.3 is 15.1 Å². The van der Waals surface area contributed by atoms with Gasteiger partial charge in [0.05, 0.1) is 6.20 Å². The van der Waals surface area contributed by atoms with Crippen molar-refractivity contribution < 1.29 is 9.59 Å². The van der Waals surface area contributed by atoms with Crippen LogP contribution in [0.25, 0.3) is 0 Å². The van der Waals surface area contributed by atoms with E-state index in [0.717, 1.165) is 32.2 Å². The van der Waals surface area contributed by atoms with Gasteiger partial charge in [-0.15, -0.1) is 5.10 Å². The molecule has 0 radical (unpaired) electrons. The molecule has 1 aliphatic heterocycles. The zero-order valence-electron chi connectivity index (χ0n) is 15.0. The van der Waals surface area contributed by atoms with Gasteiger partial charge in [0.2, 0.25) is 0 Å². The predicted molar refractivity (Wildman–Crippen MR) is 90.7 cm³/mol. The molecule has 0 saturated carbocycles. The SMILES string of the molecule is CC(C)NC(=O)N1CCCCC1CCn1cc(C(=O)N(C)C)nn1. The molecule has 1 atom stereocenters. The van der Waals surface area contributed by atoms with E-state index in [1.54, 1.807) is 25.0 Å². The van der Waals surface area contributed by atoms with Gasteiger partial charge in [-0.2, -0.15) is 0 Å². The van der Waals surface area contributed by atoms with Crippen LogP contribution in [0.5, 0.6) is 0 Å². The Balaban J connectivity index is 1.94. The molecule has 0 aliphatic carbocycles. The minimum atomic E-state index is -0.156. The molecule has 1 N–H and O–H groups in total. The number of likely N-dealkylation sites (tertiary alicyclic amines) is 1. The fourth-order valence-electron chi connectivity index (χ4n) is 2.91. The minimum Gasteiger partial charge on any atom is -0.343 e. The average molecular weight is 336 g/mol. The molecular weight excluding hydrogens is 308 g/mol. The molecular formula is C16H28N6O2. The summed E-state index contributed by atoms with van der Waals surface area (Å²) in [6.07, 6.45) is 5.67. The van der Waals surface area contributed by atoms with Gasteiger partial charge in [-0.25, -0.2) is 4.79 Å². The number of nitrogens with one attached hydrogen (secondary N) is 1. The first-order chi connectivity index (χ1) is 11.4. The topological polar surface area (TPSA) is 83.4 Å². The molecule has 0 spiro atoms. The van der Waals surface area contributed by atoms with Crippen LogP contribution in [-0.4, -0.2) is 69.5 Å². The highest BCUT2D eigenvalue weighted by Gasteiger charge is 2.27. The number of urea groups is 1. The van der Waals surface area contributed by atoms with E-state index < -0.39 is 0 Å². The van der Waals surface area contributed by atoms with Crippen LogP contribution in [0.15, 0.2) is 6.20 Å². The number of piperidine rings is 1. The zero-order chi connectivity index (χ0) is 17.7. The fourth-order valence-corrected chi connectivity index (χ4v) is 2.91. The van der Waals surface area contributed by atoms with Crippen LogP contribution < -0.4 is 5.32 Å². The summed E-state index contributed by atoms with van der Waals surface area (Å²) in [7, 11) is 3.38. The van der Waals surface area contributed by atoms with Crippen molar-refractivity contribution in [1.82, 2.24) is 30.1 Å². The number of nitrogens with zero attached hydrogens (tertiary/aromatic N) is 5. The summed E-state index contributed by atoms with van der Waals surface area (Å²) >= 11 is 0. The second kappa shape index (κ2) is 8.12. The number of carbonyl (C=O) groups excluding carboxylic acids is 2. The van der Waals surface area contributed by atoms with E-state index in [1.165, 1.54) is 4.90 Å². The van der Waals surface area contributed by atoms with Crippen molar-refractivity contribution >= 4 is 11.9 Å². The van der Waals surface area contributed by atoms with Gasteiger partial charge in [-0.05, 0) is 39.5 Å². The third-order valence-corrected chi connectivity index (χ3v) is 4.16. The van der Waals surface area contributed by atoms with Gasteiger partial charge in [-0.3, -0.25) is 9.48 Å². The first-order valence-corrected chi connectivity index (χ1v) is 8.57. The number of carbonyl (C=O) groups is 2. The number of aryl methyl sites for hydroxylation is 1. The Kier molecular flexibility index (Phi) is 6.16. The fraction of sp³-hybridized carbons (Fsp3) is 0.750. The Morgan fingerprint density at radius 3 is 2.79 bits per heavy atom. The van der Waals surface area contributed by atoms with E-state index in [1.807, 2.05) is 18.7 Å². The smallest absolute Gasteiger partial charge is 0.317 e. The number of rotatable bonds is 5. The van der Waals surface area contributed by atoms with Crippen LogP contribution >= 0.6 is 0 Å². The van der Waals surface area contributed by atoms with Crippen LogP contribution in [0.2, 0.25) is 0 Å². The number of hydrogen-bond donors (Lipinski definition) is 1. The second-order valence-corrected chi connectivity index (χ2v) is 6.80. The lowest BCUT2D eigenvalue weighted by molar-refractivity contribution is 0.0822. The molecule has 1 fully saturated rings. The lowest BCUT2D eigenvalue weighted by Crippen LogP contribution is -2.50. The molecule has 2 heterocycles. The van der Waals surface area contributed by atoms with Crippen LogP contribution in [-0.2, 0) is 6.54 Å². The van der Waals surface area contributed by atoms with Crippen molar-refractivity contribution in [3.8, 4) is 0 Å². The van der Waals surface area contributed by atoms with Crippen molar-refractivity contribution in [3.63, 3.8) is 0 Å². The molecule has 0 aromatic carbocycles. The van der Waals surface area contributed by atoms with Gasteiger partial charge in [0.15, 0.2) is 5.69 Å². The molecule has 0 bridgehead atoms. The molecule has 8 heteroatoms. The van der Waals surface area contributed by atoms with E-state index >= 15 is 0 Å². The Hall–Kier alpha value is -2.12. The summed E-state index contributed by atoms with van der Waals surface area (Å²) in [4.78, 5) is 27.6. The maximum Gasteiger partial charge on any atom is 0.317 e. The summed E-state index contributed by atoms with van der Waals surface area (Å²) in [6, 6.07) is 0.349. The summed E-state index contributed by atoms with van der Waals surface area (Å²) in [6.45, 7) is 5.37. The Morgan fingerprint density at radius 2 is 2.12 bits per heavy atom. The van der Waals surface area contributed by atoms with E-state index in [4.69, 9.17) is 0 Å². The third-order valence-electron chi connectivity index (χ3n) is 4.16. The zero-order valence-corrected chi connectivity index (χ0v) is 15.0. The highest BCUT2D eigenvalue weighted by Crippen LogP contribution is 2.20. The van der Waals surface area contributed by atoms with E-state index in [2.05, 4.69) is 15.6 Å². The van der Waals surface area contributed by atoms with E-state index in [0.29, 0.717) is 12.2 Å². The van der Waals surface area contributed by atoms with E-state index in [-0.39, 0.29) is 24.0 Å². The van der Waals surface area contributed by atoms with Gasteiger partial charge in [0, 0.05) is 39.3 Å². The summed E-state index contributed by atoms with van der Waals surface area (Å²) in [5.74, 6) is -0.156. The highest BCUT2D eigenvalue weighted by molar-refractivity contribution is 5.91. The number of amides is 3. The van der Waals surface area contributed by atoms with Crippen LogP contribution in [0.3, 0.4) is 0 Å². The van der Waals surface area contributed by atoms with Crippen molar-refractivity contribution in [2.24, 2.45) is 0 Å². The molecule has 1 aliphatic rings. The molecule has 24 heavy (non-hydrogen) atoms. The molecule has 8 nitrogen and oxygen atoms in total. The maximum absolute atomic E-state index is 12.3. The van der Waals surface area contributed by atoms with Crippen LogP contribution in [0, 0.1) is 0 Å². The molecule has 2 rings (SSSR count). The molecule has 1 aromatic rings. The number of aromatic nitrogens is 3. The summed E-state index contributed by atoms with van der Waals surface area (Å²) < 4.78 is 1.68. The minimum absolute atomic E-state index is 0.0109. The average Bonchev–Trinajstić information content (AvgIpc) is 3.00. The van der Waals surface area contributed by atoms with Crippen LogP contribution in [0.4, 0.5) is 4.79 Å². The monoisotopic (exact) mass is 336 g/mol. The van der Waals surface area contributed by atoms with Crippen molar-refractivity contribution in [3.05, 3.63) is 11.9 Å². The van der Waals surface area contributed by atoms with Crippen LogP contribution in [0.1, 0.15) is 50.0 Å². The van der Waals surface area contributed by atoms with Gasteiger partial charge in [0.1, 0.15) is 0 Å². The Bertz CT molecular complexity index is 569. The lowest BCUT2D eigenvalue weighted by atomic mass is 10.00. The quantitative estimate of drug-likeness (QED) is 0.879. The third kappa shape index (κ3) is 4.69. The maximum atomic E-state index is 12.3. The molecule has 1 unspecified atom stereocenters. The molecule has 3 amide bonds. The van der Waals surface area contributed by atoms with E-state index in [9.17, 15) is 9.59 Å². The summed E-state index contributed by atoms with van der Waals surface area (Å²) in [5, 5.41) is 10.9. The highest BCUT2D eigenvalue weighted by atomic mass is 16.2. The van der Waals surface area contributed by atoms with Gasteiger partial charge in [0.25, 0.3) is 5.91 Å².